The van der Waals surface area contributed by atoms with Gasteiger partial charge in [-0.2, -0.15) is 0 Å². The van der Waals surface area contributed by atoms with Crippen molar-refractivity contribution in [3.63, 3.8) is 0 Å². The zero-order valence-electron chi connectivity index (χ0n) is 11.6. The number of carbonyl (C=O) groups is 1. The van der Waals surface area contributed by atoms with E-state index in [2.05, 4.69) is 10.3 Å². The van der Waals surface area contributed by atoms with Crippen LogP contribution in [0.2, 0.25) is 10.0 Å². The van der Waals surface area contributed by atoms with Gasteiger partial charge >= 0.3 is 0 Å². The summed E-state index contributed by atoms with van der Waals surface area (Å²) >= 11 is 12.0. The lowest BCUT2D eigenvalue weighted by atomic mass is 10.1. The van der Waals surface area contributed by atoms with Gasteiger partial charge in [0.1, 0.15) is 5.75 Å². The third kappa shape index (κ3) is 2.75. The lowest BCUT2D eigenvalue weighted by Crippen LogP contribution is -2.11. The zero-order chi connectivity index (χ0) is 15.7. The number of rotatable bonds is 3. The topological polar surface area (TPSA) is 54.1 Å². The summed E-state index contributed by atoms with van der Waals surface area (Å²) in [6.45, 7) is 0. The quantitative estimate of drug-likeness (QED) is 0.727. The molecule has 0 saturated heterocycles. The van der Waals surface area contributed by atoms with Gasteiger partial charge in [0.15, 0.2) is 0 Å². The number of hydrogen-bond acceptors (Lipinski definition) is 2. The number of anilines is 1. The Bertz CT molecular complexity index is 858. The Hall–Kier alpha value is -2.17. The number of H-pyrrole nitrogens is 1. The Morgan fingerprint density at radius 2 is 2.00 bits per heavy atom. The largest absolute Gasteiger partial charge is 0.495 e. The van der Waals surface area contributed by atoms with Crippen molar-refractivity contribution >= 4 is 45.7 Å². The van der Waals surface area contributed by atoms with Crippen molar-refractivity contribution in [3.8, 4) is 5.75 Å². The van der Waals surface area contributed by atoms with Gasteiger partial charge in [0.2, 0.25) is 0 Å². The Labute approximate surface area is 137 Å². The lowest BCUT2D eigenvalue weighted by Gasteiger charge is -2.07. The first-order chi connectivity index (χ1) is 10.6. The van der Waals surface area contributed by atoms with Crippen molar-refractivity contribution in [1.29, 1.82) is 0 Å². The van der Waals surface area contributed by atoms with Crippen LogP contribution in [0.15, 0.2) is 42.6 Å². The second kappa shape index (κ2) is 5.91. The van der Waals surface area contributed by atoms with E-state index in [1.807, 2.05) is 6.07 Å². The van der Waals surface area contributed by atoms with Gasteiger partial charge in [-0.15, -0.1) is 0 Å². The van der Waals surface area contributed by atoms with Crippen molar-refractivity contribution in [2.24, 2.45) is 0 Å². The van der Waals surface area contributed by atoms with Crippen molar-refractivity contribution < 1.29 is 9.53 Å². The SMILES string of the molecule is COc1ccc(NC(=O)c2c[nH]c3ccc(Cl)cc23)cc1Cl. The van der Waals surface area contributed by atoms with Crippen LogP contribution < -0.4 is 10.1 Å². The highest BCUT2D eigenvalue weighted by Crippen LogP contribution is 2.28. The number of ether oxygens (including phenoxy) is 1. The first-order valence-corrected chi connectivity index (χ1v) is 7.25. The molecular weight excluding hydrogens is 323 g/mol. The van der Waals surface area contributed by atoms with Gasteiger partial charge < -0.3 is 15.0 Å². The maximum Gasteiger partial charge on any atom is 0.257 e. The van der Waals surface area contributed by atoms with E-state index >= 15 is 0 Å². The highest BCUT2D eigenvalue weighted by Gasteiger charge is 2.13. The van der Waals surface area contributed by atoms with Crippen molar-refractivity contribution in [1.82, 2.24) is 4.98 Å². The van der Waals surface area contributed by atoms with Crippen LogP contribution >= 0.6 is 23.2 Å². The van der Waals surface area contributed by atoms with E-state index in [0.717, 1.165) is 10.9 Å². The molecule has 6 heteroatoms. The van der Waals surface area contributed by atoms with Gasteiger partial charge in [-0.1, -0.05) is 23.2 Å². The third-order valence-electron chi connectivity index (χ3n) is 3.30. The van der Waals surface area contributed by atoms with Crippen LogP contribution in [0, 0.1) is 0 Å². The van der Waals surface area contributed by atoms with Crippen molar-refractivity contribution in [3.05, 3.63) is 58.2 Å². The van der Waals surface area contributed by atoms with E-state index in [0.29, 0.717) is 27.0 Å². The summed E-state index contributed by atoms with van der Waals surface area (Å²) in [7, 11) is 1.54. The molecule has 0 unspecified atom stereocenters. The number of benzene rings is 2. The van der Waals surface area contributed by atoms with E-state index in [-0.39, 0.29) is 5.91 Å². The van der Waals surface area contributed by atoms with E-state index in [1.54, 1.807) is 36.5 Å². The summed E-state index contributed by atoms with van der Waals surface area (Å²) in [5.41, 5.74) is 1.96. The molecule has 2 aromatic carbocycles. The monoisotopic (exact) mass is 334 g/mol. The second-order valence-electron chi connectivity index (χ2n) is 4.70. The molecule has 0 saturated carbocycles. The van der Waals surface area contributed by atoms with Crippen LogP contribution in [0.3, 0.4) is 0 Å². The van der Waals surface area contributed by atoms with Crippen LogP contribution in [-0.4, -0.2) is 18.0 Å². The number of carbonyl (C=O) groups excluding carboxylic acids is 1. The minimum absolute atomic E-state index is 0.241. The lowest BCUT2D eigenvalue weighted by molar-refractivity contribution is 0.102. The molecule has 0 fully saturated rings. The number of methoxy groups -OCH3 is 1. The maximum absolute atomic E-state index is 12.4. The van der Waals surface area contributed by atoms with Crippen molar-refractivity contribution in [2.45, 2.75) is 0 Å². The van der Waals surface area contributed by atoms with E-state index in [9.17, 15) is 4.79 Å². The van der Waals surface area contributed by atoms with Crippen LogP contribution in [0.25, 0.3) is 10.9 Å². The summed E-state index contributed by atoms with van der Waals surface area (Å²) in [6.07, 6.45) is 1.65. The fraction of sp³-hybridized carbons (Fsp3) is 0.0625. The van der Waals surface area contributed by atoms with E-state index < -0.39 is 0 Å². The summed E-state index contributed by atoms with van der Waals surface area (Å²) < 4.78 is 5.08. The number of fused-ring (bicyclic) bond motifs is 1. The molecule has 0 aliphatic rings. The van der Waals surface area contributed by atoms with Crippen LogP contribution in [-0.2, 0) is 0 Å². The average molecular weight is 335 g/mol. The average Bonchev–Trinajstić information content (AvgIpc) is 2.90. The molecule has 3 rings (SSSR count). The number of aromatic amines is 1. The summed E-state index contributed by atoms with van der Waals surface area (Å²) in [5, 5.41) is 4.58. The van der Waals surface area contributed by atoms with Gasteiger partial charge in [0.05, 0.1) is 17.7 Å². The first kappa shape index (κ1) is 14.8. The zero-order valence-corrected chi connectivity index (χ0v) is 13.1. The highest BCUT2D eigenvalue weighted by molar-refractivity contribution is 6.32. The summed E-state index contributed by atoms with van der Waals surface area (Å²) in [6, 6.07) is 10.4. The minimum Gasteiger partial charge on any atom is -0.495 e. The molecule has 0 spiro atoms. The molecule has 0 aliphatic carbocycles. The first-order valence-electron chi connectivity index (χ1n) is 6.50. The summed E-state index contributed by atoms with van der Waals surface area (Å²) in [5.74, 6) is 0.313. The third-order valence-corrected chi connectivity index (χ3v) is 3.83. The predicted molar refractivity (Wildman–Crippen MR) is 89.3 cm³/mol. The molecule has 0 bridgehead atoms. The van der Waals surface area contributed by atoms with Crippen molar-refractivity contribution in [2.75, 3.05) is 12.4 Å². The number of hydrogen-bond donors (Lipinski definition) is 2. The highest BCUT2D eigenvalue weighted by atomic mass is 35.5. The number of halogens is 2. The molecule has 112 valence electrons. The Balaban J connectivity index is 1.90. The number of nitrogens with one attached hydrogen (secondary N) is 2. The fourth-order valence-corrected chi connectivity index (χ4v) is 2.65. The molecule has 0 radical (unpaired) electrons. The van der Waals surface area contributed by atoms with Gasteiger partial charge in [0.25, 0.3) is 5.91 Å². The molecule has 22 heavy (non-hydrogen) atoms. The fourth-order valence-electron chi connectivity index (χ4n) is 2.22. The van der Waals surface area contributed by atoms with Gasteiger partial charge in [-0.3, -0.25) is 4.79 Å². The molecule has 2 N–H and O–H groups in total. The Morgan fingerprint density at radius 3 is 2.73 bits per heavy atom. The molecule has 1 aromatic heterocycles. The minimum atomic E-state index is -0.241. The molecule has 1 heterocycles. The van der Waals surface area contributed by atoms with Crippen LogP contribution in [0.1, 0.15) is 10.4 Å². The number of amides is 1. The van der Waals surface area contributed by atoms with Gasteiger partial charge in [0, 0.05) is 27.8 Å². The van der Waals surface area contributed by atoms with Crippen LogP contribution in [0.4, 0.5) is 5.69 Å². The standard InChI is InChI=1S/C16H12Cl2N2O2/c1-22-15-5-3-10(7-13(15)18)20-16(21)12-8-19-14-4-2-9(17)6-11(12)14/h2-8,19H,1H3,(H,20,21). The maximum atomic E-state index is 12.4. The van der Waals surface area contributed by atoms with E-state index in [1.165, 1.54) is 7.11 Å². The summed E-state index contributed by atoms with van der Waals surface area (Å²) in [4.78, 5) is 15.5. The molecule has 1 amide bonds. The normalized spacial score (nSPS) is 10.7. The smallest absolute Gasteiger partial charge is 0.257 e. The van der Waals surface area contributed by atoms with Gasteiger partial charge in [-0.25, -0.2) is 0 Å². The van der Waals surface area contributed by atoms with E-state index in [4.69, 9.17) is 27.9 Å². The van der Waals surface area contributed by atoms with Crippen LogP contribution in [0.5, 0.6) is 5.75 Å². The van der Waals surface area contributed by atoms with Gasteiger partial charge in [-0.05, 0) is 36.4 Å². The molecule has 4 nitrogen and oxygen atoms in total. The molecule has 0 atom stereocenters. The second-order valence-corrected chi connectivity index (χ2v) is 5.54. The Morgan fingerprint density at radius 1 is 1.18 bits per heavy atom. The molecule has 3 aromatic rings. The Kier molecular flexibility index (Phi) is 3.96. The number of aromatic nitrogens is 1. The molecular formula is C16H12Cl2N2O2. The predicted octanol–water partition coefficient (Wildman–Crippen LogP) is 4.74. The molecule has 0 aliphatic heterocycles.